The number of benzene rings is 2. The van der Waals surface area contributed by atoms with E-state index in [4.69, 9.17) is 4.74 Å². The van der Waals surface area contributed by atoms with E-state index in [1.807, 2.05) is 24.3 Å². The summed E-state index contributed by atoms with van der Waals surface area (Å²) in [7, 11) is 0. The van der Waals surface area contributed by atoms with Crippen molar-refractivity contribution in [3.05, 3.63) is 59.7 Å². The number of phenolic OH excluding ortho intramolecular Hbond substituents is 1. The van der Waals surface area contributed by atoms with E-state index in [0.717, 1.165) is 0 Å². The van der Waals surface area contributed by atoms with Crippen LogP contribution in [0.5, 0.6) is 11.5 Å². The molecule has 126 valence electrons. The Hall–Kier alpha value is -2.29. The van der Waals surface area contributed by atoms with Gasteiger partial charge in [-0.2, -0.15) is 0 Å². The molecule has 3 nitrogen and oxygen atoms in total. The number of rotatable bonds is 4. The van der Waals surface area contributed by atoms with E-state index in [1.165, 1.54) is 50.2 Å². The van der Waals surface area contributed by atoms with Gasteiger partial charge in [0.05, 0.1) is 0 Å². The van der Waals surface area contributed by atoms with E-state index >= 15 is 0 Å². The number of hydrogen-bond donors (Lipinski definition) is 1. The van der Waals surface area contributed by atoms with Crippen LogP contribution in [0.4, 0.5) is 0 Å². The number of esters is 1. The maximum atomic E-state index is 11.1. The minimum absolute atomic E-state index is 0.298. The zero-order chi connectivity index (χ0) is 16.9. The first-order chi connectivity index (χ1) is 11.6. The lowest BCUT2D eigenvalue weighted by Crippen LogP contribution is -2.17. The van der Waals surface area contributed by atoms with Gasteiger partial charge in [-0.3, -0.25) is 4.79 Å². The fourth-order valence-electron chi connectivity index (χ4n) is 3.80. The topological polar surface area (TPSA) is 46.5 Å². The first-order valence-electron chi connectivity index (χ1n) is 8.71. The minimum Gasteiger partial charge on any atom is -0.508 e. The van der Waals surface area contributed by atoms with Gasteiger partial charge >= 0.3 is 5.97 Å². The minimum atomic E-state index is -0.301. The van der Waals surface area contributed by atoms with Crippen molar-refractivity contribution >= 4 is 5.97 Å². The number of hydrogen-bond acceptors (Lipinski definition) is 3. The molecule has 0 amide bonds. The number of carbonyl (C=O) groups excluding carboxylic acids is 1. The number of aromatic hydroxyl groups is 1. The second-order valence-electron chi connectivity index (χ2n) is 6.63. The van der Waals surface area contributed by atoms with Crippen molar-refractivity contribution < 1.29 is 14.6 Å². The molecule has 1 saturated carbocycles. The van der Waals surface area contributed by atoms with Gasteiger partial charge in [0.25, 0.3) is 0 Å². The molecule has 0 aliphatic heterocycles. The van der Waals surface area contributed by atoms with Gasteiger partial charge in [0.1, 0.15) is 11.5 Å². The van der Waals surface area contributed by atoms with E-state index in [2.05, 4.69) is 12.1 Å². The molecule has 0 unspecified atom stereocenters. The van der Waals surface area contributed by atoms with E-state index in [0.29, 0.717) is 23.3 Å². The van der Waals surface area contributed by atoms with Crippen LogP contribution in [0.1, 0.15) is 56.1 Å². The van der Waals surface area contributed by atoms with E-state index in [9.17, 15) is 9.90 Å². The molecule has 0 saturated heterocycles. The highest BCUT2D eigenvalue weighted by Crippen LogP contribution is 2.41. The highest BCUT2D eigenvalue weighted by atomic mass is 16.5. The van der Waals surface area contributed by atoms with Crippen molar-refractivity contribution in [1.82, 2.24) is 0 Å². The summed E-state index contributed by atoms with van der Waals surface area (Å²) in [6.07, 6.45) is 6.36. The van der Waals surface area contributed by atoms with Crippen molar-refractivity contribution in [1.29, 1.82) is 0 Å². The molecule has 0 bridgehead atoms. The fraction of sp³-hybridized carbons (Fsp3) is 0.381. The van der Waals surface area contributed by atoms with Crippen LogP contribution in [0, 0.1) is 5.92 Å². The molecule has 1 aliphatic rings. The Balaban J connectivity index is 1.91. The van der Waals surface area contributed by atoms with Crippen LogP contribution >= 0.6 is 0 Å². The molecular formula is C21H24O3. The van der Waals surface area contributed by atoms with E-state index in [1.54, 1.807) is 12.1 Å². The Labute approximate surface area is 143 Å². The monoisotopic (exact) mass is 324 g/mol. The molecule has 3 rings (SSSR count). The molecule has 1 N–H and O–H groups in total. The van der Waals surface area contributed by atoms with Gasteiger partial charge in [0.15, 0.2) is 0 Å². The SMILES string of the molecule is CC(=O)Oc1ccc([C@@H](c2ccc(O)cc2)C2CCCCC2)cc1. The molecule has 2 aromatic rings. The van der Waals surface area contributed by atoms with Crippen LogP contribution in [0.15, 0.2) is 48.5 Å². The van der Waals surface area contributed by atoms with Crippen LogP contribution in [-0.4, -0.2) is 11.1 Å². The standard InChI is InChI=1S/C21H24O3/c1-15(22)24-20-13-9-18(10-14-20)21(16-5-3-2-4-6-16)17-7-11-19(23)12-8-17/h7-14,16,21,23H,2-6H2,1H3/t21-/m1/s1. The molecule has 1 fully saturated rings. The average molecular weight is 324 g/mol. The zero-order valence-corrected chi connectivity index (χ0v) is 14.1. The second kappa shape index (κ2) is 7.52. The summed E-state index contributed by atoms with van der Waals surface area (Å²) in [4.78, 5) is 11.1. The Kier molecular flexibility index (Phi) is 5.19. The van der Waals surface area contributed by atoms with Crippen LogP contribution in [-0.2, 0) is 4.79 Å². The van der Waals surface area contributed by atoms with Gasteiger partial charge in [-0.15, -0.1) is 0 Å². The Morgan fingerprint density at radius 2 is 1.50 bits per heavy atom. The van der Waals surface area contributed by atoms with Gasteiger partial charge in [-0.1, -0.05) is 43.5 Å². The lowest BCUT2D eigenvalue weighted by atomic mass is 9.73. The molecule has 1 aliphatic carbocycles. The quantitative estimate of drug-likeness (QED) is 0.634. The molecule has 0 spiro atoms. The Bertz CT molecular complexity index is 667. The molecule has 1 atom stereocenters. The highest BCUT2D eigenvalue weighted by molar-refractivity contribution is 5.69. The summed E-state index contributed by atoms with van der Waals surface area (Å²) in [6.45, 7) is 1.41. The second-order valence-corrected chi connectivity index (χ2v) is 6.63. The van der Waals surface area contributed by atoms with Crippen molar-refractivity contribution in [3.8, 4) is 11.5 Å². The van der Waals surface area contributed by atoms with Gasteiger partial charge in [0, 0.05) is 12.8 Å². The summed E-state index contributed by atoms with van der Waals surface area (Å²) in [5.41, 5.74) is 2.48. The third kappa shape index (κ3) is 3.97. The number of phenols is 1. The van der Waals surface area contributed by atoms with Gasteiger partial charge in [-0.25, -0.2) is 0 Å². The van der Waals surface area contributed by atoms with Crippen LogP contribution in [0.3, 0.4) is 0 Å². The normalized spacial score (nSPS) is 16.5. The Morgan fingerprint density at radius 1 is 0.958 bits per heavy atom. The summed E-state index contributed by atoms with van der Waals surface area (Å²) >= 11 is 0. The first kappa shape index (κ1) is 16.6. The fourth-order valence-corrected chi connectivity index (χ4v) is 3.80. The molecular weight excluding hydrogens is 300 g/mol. The first-order valence-corrected chi connectivity index (χ1v) is 8.71. The molecule has 24 heavy (non-hydrogen) atoms. The predicted molar refractivity (Wildman–Crippen MR) is 94.3 cm³/mol. The largest absolute Gasteiger partial charge is 0.508 e. The van der Waals surface area contributed by atoms with Crippen LogP contribution in [0.2, 0.25) is 0 Å². The van der Waals surface area contributed by atoms with E-state index < -0.39 is 0 Å². The smallest absolute Gasteiger partial charge is 0.308 e. The van der Waals surface area contributed by atoms with Gasteiger partial charge in [-0.05, 0) is 54.2 Å². The Morgan fingerprint density at radius 3 is 2.04 bits per heavy atom. The molecule has 0 aromatic heterocycles. The van der Waals surface area contributed by atoms with Crippen molar-refractivity contribution in [2.24, 2.45) is 5.92 Å². The third-order valence-corrected chi connectivity index (χ3v) is 4.87. The van der Waals surface area contributed by atoms with Crippen LogP contribution < -0.4 is 4.74 Å². The lowest BCUT2D eigenvalue weighted by molar-refractivity contribution is -0.131. The third-order valence-electron chi connectivity index (χ3n) is 4.87. The summed E-state index contributed by atoms with van der Waals surface area (Å²) in [5, 5.41) is 9.59. The van der Waals surface area contributed by atoms with Crippen molar-refractivity contribution in [3.63, 3.8) is 0 Å². The zero-order valence-electron chi connectivity index (χ0n) is 14.1. The van der Waals surface area contributed by atoms with Gasteiger partial charge < -0.3 is 9.84 Å². The summed E-state index contributed by atoms with van der Waals surface area (Å²) in [5.74, 6) is 1.51. The lowest BCUT2D eigenvalue weighted by Gasteiger charge is -2.31. The molecule has 0 heterocycles. The van der Waals surface area contributed by atoms with Crippen molar-refractivity contribution in [2.45, 2.75) is 44.9 Å². The maximum Gasteiger partial charge on any atom is 0.308 e. The highest BCUT2D eigenvalue weighted by Gasteiger charge is 2.26. The molecule has 3 heteroatoms. The van der Waals surface area contributed by atoms with E-state index in [-0.39, 0.29) is 5.97 Å². The van der Waals surface area contributed by atoms with Gasteiger partial charge in [0.2, 0.25) is 0 Å². The van der Waals surface area contributed by atoms with Crippen LogP contribution in [0.25, 0.3) is 0 Å². The average Bonchev–Trinajstić information content (AvgIpc) is 2.59. The summed E-state index contributed by atoms with van der Waals surface area (Å²) < 4.78 is 5.14. The number of ether oxygens (including phenoxy) is 1. The predicted octanol–water partition coefficient (Wildman–Crippen LogP) is 5.03. The maximum absolute atomic E-state index is 11.1. The van der Waals surface area contributed by atoms with Crippen molar-refractivity contribution in [2.75, 3.05) is 0 Å². The molecule has 0 radical (unpaired) electrons. The molecule has 2 aromatic carbocycles. The number of carbonyl (C=O) groups is 1. The summed E-state index contributed by atoms with van der Waals surface area (Å²) in [6, 6.07) is 15.4.